The minimum absolute atomic E-state index is 0.299. The average Bonchev–Trinajstić information content (AvgIpc) is 2.69. The lowest BCUT2D eigenvalue weighted by Gasteiger charge is -2.22. The molecule has 0 saturated carbocycles. The van der Waals surface area contributed by atoms with E-state index in [1.54, 1.807) is 0 Å². The molecule has 5 nitrogen and oxygen atoms in total. The summed E-state index contributed by atoms with van der Waals surface area (Å²) in [4.78, 5) is 11.3. The van der Waals surface area contributed by atoms with E-state index in [1.165, 1.54) is 6.42 Å². The van der Waals surface area contributed by atoms with E-state index in [2.05, 4.69) is 48.0 Å². The lowest BCUT2D eigenvalue weighted by molar-refractivity contribution is 0.418. The molecule has 0 atom stereocenters. The molecule has 1 aliphatic rings. The zero-order valence-corrected chi connectivity index (χ0v) is 11.7. The van der Waals surface area contributed by atoms with Gasteiger partial charge in [0.15, 0.2) is 0 Å². The zero-order chi connectivity index (χ0) is 13.3. The standard InChI is InChI=1S/C13H23N5/c1-9(2)12-15-10(17-14)7-11(16-12)18-6-5-13(3,4)8-18/h7,9H,5-6,8,14H2,1-4H3,(H,15,16,17). The Morgan fingerprint density at radius 3 is 2.61 bits per heavy atom. The molecule has 0 aromatic carbocycles. The van der Waals surface area contributed by atoms with Gasteiger partial charge in [-0.15, -0.1) is 0 Å². The summed E-state index contributed by atoms with van der Waals surface area (Å²) < 4.78 is 0. The molecule has 0 amide bonds. The third-order valence-corrected chi connectivity index (χ3v) is 3.40. The van der Waals surface area contributed by atoms with Crippen molar-refractivity contribution in [1.82, 2.24) is 9.97 Å². The predicted molar refractivity (Wildman–Crippen MR) is 74.5 cm³/mol. The molecule has 0 unspecified atom stereocenters. The maximum atomic E-state index is 5.48. The van der Waals surface area contributed by atoms with Crippen LogP contribution in [0.3, 0.4) is 0 Å². The molecule has 18 heavy (non-hydrogen) atoms. The van der Waals surface area contributed by atoms with Gasteiger partial charge in [-0.2, -0.15) is 0 Å². The van der Waals surface area contributed by atoms with Crippen molar-refractivity contribution in [2.45, 2.75) is 40.0 Å². The van der Waals surface area contributed by atoms with Crippen LogP contribution < -0.4 is 16.2 Å². The number of nitrogens with one attached hydrogen (secondary N) is 1. The number of anilines is 2. The van der Waals surface area contributed by atoms with Crippen molar-refractivity contribution in [1.29, 1.82) is 0 Å². The van der Waals surface area contributed by atoms with Gasteiger partial charge in [-0.25, -0.2) is 15.8 Å². The van der Waals surface area contributed by atoms with E-state index in [9.17, 15) is 0 Å². The molecule has 3 N–H and O–H groups in total. The van der Waals surface area contributed by atoms with Gasteiger partial charge in [0.05, 0.1) is 0 Å². The highest BCUT2D eigenvalue weighted by Gasteiger charge is 2.30. The zero-order valence-electron chi connectivity index (χ0n) is 11.7. The van der Waals surface area contributed by atoms with Crippen LogP contribution in [0.1, 0.15) is 45.9 Å². The summed E-state index contributed by atoms with van der Waals surface area (Å²) in [6, 6.07) is 1.92. The van der Waals surface area contributed by atoms with Crippen molar-refractivity contribution in [3.63, 3.8) is 0 Å². The monoisotopic (exact) mass is 249 g/mol. The summed E-state index contributed by atoms with van der Waals surface area (Å²) in [6.45, 7) is 10.8. The van der Waals surface area contributed by atoms with Gasteiger partial charge in [-0.3, -0.25) is 0 Å². The van der Waals surface area contributed by atoms with E-state index >= 15 is 0 Å². The molecular formula is C13H23N5. The average molecular weight is 249 g/mol. The molecule has 2 rings (SSSR count). The number of nitrogen functional groups attached to an aromatic ring is 1. The van der Waals surface area contributed by atoms with Crippen molar-refractivity contribution >= 4 is 11.6 Å². The van der Waals surface area contributed by atoms with Crippen molar-refractivity contribution in [2.24, 2.45) is 11.3 Å². The van der Waals surface area contributed by atoms with E-state index in [4.69, 9.17) is 5.84 Å². The van der Waals surface area contributed by atoms with Crippen LogP contribution >= 0.6 is 0 Å². The van der Waals surface area contributed by atoms with Gasteiger partial charge in [0, 0.05) is 25.1 Å². The molecule has 0 aliphatic carbocycles. The van der Waals surface area contributed by atoms with Gasteiger partial charge in [0.25, 0.3) is 0 Å². The van der Waals surface area contributed by atoms with Crippen molar-refractivity contribution in [3.05, 3.63) is 11.9 Å². The summed E-state index contributed by atoms with van der Waals surface area (Å²) in [5, 5.41) is 0. The Balaban J connectivity index is 2.30. The first kappa shape index (κ1) is 13.1. The summed E-state index contributed by atoms with van der Waals surface area (Å²) >= 11 is 0. The molecule has 2 heterocycles. The quantitative estimate of drug-likeness (QED) is 0.634. The minimum Gasteiger partial charge on any atom is -0.356 e. The van der Waals surface area contributed by atoms with Gasteiger partial charge >= 0.3 is 0 Å². The molecule has 1 fully saturated rings. The molecule has 1 aromatic rings. The molecule has 1 aliphatic heterocycles. The second-order valence-electron chi connectivity index (χ2n) is 6.10. The summed E-state index contributed by atoms with van der Waals surface area (Å²) in [5.74, 6) is 8.29. The Morgan fingerprint density at radius 2 is 2.11 bits per heavy atom. The Kier molecular flexibility index (Phi) is 3.43. The van der Waals surface area contributed by atoms with E-state index in [-0.39, 0.29) is 0 Å². The van der Waals surface area contributed by atoms with Crippen LogP contribution in [0, 0.1) is 5.41 Å². The summed E-state index contributed by atoms with van der Waals surface area (Å²) in [6.07, 6.45) is 1.19. The van der Waals surface area contributed by atoms with Crippen LogP contribution in [-0.2, 0) is 0 Å². The fraction of sp³-hybridized carbons (Fsp3) is 0.692. The molecule has 1 aromatic heterocycles. The smallest absolute Gasteiger partial charge is 0.145 e. The third-order valence-electron chi connectivity index (χ3n) is 3.40. The maximum absolute atomic E-state index is 5.48. The lowest BCUT2D eigenvalue weighted by Crippen LogP contribution is -2.25. The Morgan fingerprint density at radius 1 is 1.39 bits per heavy atom. The fourth-order valence-electron chi connectivity index (χ4n) is 2.25. The molecule has 0 radical (unpaired) electrons. The van der Waals surface area contributed by atoms with Crippen LogP contribution in [0.5, 0.6) is 0 Å². The summed E-state index contributed by atoms with van der Waals surface area (Å²) in [7, 11) is 0. The van der Waals surface area contributed by atoms with Crippen LogP contribution in [-0.4, -0.2) is 23.1 Å². The first-order valence-electron chi connectivity index (χ1n) is 6.52. The second-order valence-corrected chi connectivity index (χ2v) is 6.10. The molecule has 1 saturated heterocycles. The molecule has 5 heteroatoms. The van der Waals surface area contributed by atoms with Gasteiger partial charge in [0.2, 0.25) is 0 Å². The Hall–Kier alpha value is -1.36. The van der Waals surface area contributed by atoms with E-state index in [1.807, 2.05) is 6.07 Å². The summed E-state index contributed by atoms with van der Waals surface area (Å²) in [5.41, 5.74) is 2.99. The Bertz CT molecular complexity index is 427. The van der Waals surface area contributed by atoms with Gasteiger partial charge in [-0.05, 0) is 11.8 Å². The number of rotatable bonds is 3. The highest BCUT2D eigenvalue weighted by Crippen LogP contribution is 2.32. The number of nitrogens with zero attached hydrogens (tertiary/aromatic N) is 3. The Labute approximate surface area is 109 Å². The van der Waals surface area contributed by atoms with E-state index < -0.39 is 0 Å². The SMILES string of the molecule is CC(C)c1nc(NN)cc(N2CCC(C)(C)C2)n1. The molecule has 100 valence electrons. The van der Waals surface area contributed by atoms with Gasteiger partial charge in [0.1, 0.15) is 17.5 Å². The van der Waals surface area contributed by atoms with E-state index in [0.29, 0.717) is 17.2 Å². The van der Waals surface area contributed by atoms with Crippen molar-refractivity contribution < 1.29 is 0 Å². The van der Waals surface area contributed by atoms with Crippen molar-refractivity contribution in [3.8, 4) is 0 Å². The number of hydrazine groups is 1. The highest BCUT2D eigenvalue weighted by atomic mass is 15.3. The number of hydrogen-bond donors (Lipinski definition) is 2. The van der Waals surface area contributed by atoms with Crippen LogP contribution in [0.4, 0.5) is 11.6 Å². The molecule has 0 bridgehead atoms. The topological polar surface area (TPSA) is 67.1 Å². The first-order valence-corrected chi connectivity index (χ1v) is 6.52. The maximum Gasteiger partial charge on any atom is 0.145 e. The number of aromatic nitrogens is 2. The van der Waals surface area contributed by atoms with Crippen LogP contribution in [0.2, 0.25) is 0 Å². The first-order chi connectivity index (χ1) is 8.41. The molecular weight excluding hydrogens is 226 g/mol. The van der Waals surface area contributed by atoms with Crippen LogP contribution in [0.15, 0.2) is 6.07 Å². The normalized spacial score (nSPS) is 18.4. The lowest BCUT2D eigenvalue weighted by atomic mass is 9.93. The molecule has 0 spiro atoms. The highest BCUT2D eigenvalue weighted by molar-refractivity contribution is 5.50. The fourth-order valence-corrected chi connectivity index (χ4v) is 2.25. The largest absolute Gasteiger partial charge is 0.356 e. The van der Waals surface area contributed by atoms with Gasteiger partial charge in [-0.1, -0.05) is 27.7 Å². The second kappa shape index (κ2) is 4.72. The minimum atomic E-state index is 0.299. The van der Waals surface area contributed by atoms with Crippen molar-refractivity contribution in [2.75, 3.05) is 23.4 Å². The third kappa shape index (κ3) is 2.72. The van der Waals surface area contributed by atoms with E-state index in [0.717, 1.165) is 24.7 Å². The van der Waals surface area contributed by atoms with Gasteiger partial charge < -0.3 is 10.3 Å². The predicted octanol–water partition coefficient (Wildman–Crippen LogP) is 2.12. The van der Waals surface area contributed by atoms with Crippen LogP contribution in [0.25, 0.3) is 0 Å². The number of nitrogens with two attached hydrogens (primary N) is 1. The number of hydrogen-bond acceptors (Lipinski definition) is 5.